The molecule has 0 spiro atoms. The number of likely N-dealkylation sites (tertiary alicyclic amines) is 1. The van der Waals surface area contributed by atoms with Gasteiger partial charge in [-0.2, -0.15) is 0 Å². The highest BCUT2D eigenvalue weighted by Crippen LogP contribution is 2.31. The fourth-order valence-corrected chi connectivity index (χ4v) is 3.21. The van der Waals surface area contributed by atoms with Gasteiger partial charge in [-0.3, -0.25) is 19.3 Å². The average Bonchev–Trinajstić information content (AvgIpc) is 3.25. The van der Waals surface area contributed by atoms with E-state index in [0.717, 1.165) is 30.8 Å². The van der Waals surface area contributed by atoms with Gasteiger partial charge in [0.25, 0.3) is 16.9 Å². The number of fused-ring (bicyclic) bond motifs is 1. The minimum absolute atomic E-state index is 0.000958. The van der Waals surface area contributed by atoms with Crippen molar-refractivity contribution in [1.82, 2.24) is 9.80 Å². The second-order valence-electron chi connectivity index (χ2n) is 6.18. The quantitative estimate of drug-likeness (QED) is 0.375. The molecule has 0 radical (unpaired) electrons. The highest BCUT2D eigenvalue weighted by Gasteiger charge is 2.38. The van der Waals surface area contributed by atoms with Crippen molar-refractivity contribution in [3.8, 4) is 5.75 Å². The zero-order valence-corrected chi connectivity index (χ0v) is 14.6. The van der Waals surface area contributed by atoms with E-state index in [1.54, 1.807) is 17.0 Å². The third kappa shape index (κ3) is 3.99. The van der Waals surface area contributed by atoms with Gasteiger partial charge < -0.3 is 14.5 Å². The molecule has 27 heavy (non-hydrogen) atoms. The van der Waals surface area contributed by atoms with Gasteiger partial charge in [0.1, 0.15) is 12.4 Å². The van der Waals surface area contributed by atoms with Gasteiger partial charge in [-0.25, -0.2) is 0 Å². The number of nitrogens with zero attached hydrogens (tertiary/aromatic N) is 3. The van der Waals surface area contributed by atoms with E-state index in [2.05, 4.69) is 4.84 Å². The van der Waals surface area contributed by atoms with Gasteiger partial charge in [-0.1, -0.05) is 6.07 Å². The Kier molecular flexibility index (Phi) is 5.53. The van der Waals surface area contributed by atoms with Crippen LogP contribution in [0.5, 0.6) is 5.75 Å². The normalized spacial score (nSPS) is 15.9. The minimum Gasteiger partial charge on any atom is -0.492 e. The lowest BCUT2D eigenvalue weighted by molar-refractivity contribution is -0.757. The van der Waals surface area contributed by atoms with Crippen LogP contribution in [0.25, 0.3) is 0 Å². The maximum absolute atomic E-state index is 12.5. The Morgan fingerprint density at radius 3 is 2.59 bits per heavy atom. The van der Waals surface area contributed by atoms with Crippen molar-refractivity contribution in [2.75, 3.05) is 32.8 Å². The number of amides is 3. The maximum Gasteiger partial charge on any atom is 0.294 e. The zero-order valence-electron chi connectivity index (χ0n) is 14.6. The van der Waals surface area contributed by atoms with E-state index in [4.69, 9.17) is 4.74 Å². The third-order valence-electron chi connectivity index (χ3n) is 4.50. The van der Waals surface area contributed by atoms with Crippen molar-refractivity contribution in [3.05, 3.63) is 39.4 Å². The standard InChI is InChI=1S/C17H19N3O7/c21-14(18-7-1-2-8-18)6-10-26-13-5-3-4-12-15(13)17(23)19(16(12)22)9-11-27-20(24)25/h3-5H,1-2,6-11H2. The van der Waals surface area contributed by atoms with Crippen molar-refractivity contribution >= 4 is 17.7 Å². The number of benzene rings is 1. The molecule has 1 aromatic carbocycles. The van der Waals surface area contributed by atoms with Crippen LogP contribution in [0.15, 0.2) is 18.2 Å². The molecule has 2 aliphatic heterocycles. The maximum atomic E-state index is 12.5. The molecule has 0 aliphatic carbocycles. The fraction of sp³-hybridized carbons (Fsp3) is 0.471. The van der Waals surface area contributed by atoms with E-state index in [0.29, 0.717) is 0 Å². The Morgan fingerprint density at radius 1 is 1.15 bits per heavy atom. The van der Waals surface area contributed by atoms with E-state index >= 15 is 0 Å². The number of carbonyl (C=O) groups is 3. The predicted molar refractivity (Wildman–Crippen MR) is 90.7 cm³/mol. The highest BCUT2D eigenvalue weighted by atomic mass is 16.9. The molecule has 10 heteroatoms. The summed E-state index contributed by atoms with van der Waals surface area (Å²) >= 11 is 0. The molecule has 1 aromatic rings. The van der Waals surface area contributed by atoms with E-state index < -0.39 is 23.5 Å². The third-order valence-corrected chi connectivity index (χ3v) is 4.50. The molecule has 3 rings (SSSR count). The topological polar surface area (TPSA) is 119 Å². The summed E-state index contributed by atoms with van der Waals surface area (Å²) in [5.74, 6) is -0.928. The number of carbonyl (C=O) groups excluding carboxylic acids is 3. The van der Waals surface area contributed by atoms with E-state index in [1.807, 2.05) is 0 Å². The average molecular weight is 377 g/mol. The second kappa shape index (κ2) is 8.02. The van der Waals surface area contributed by atoms with Crippen LogP contribution >= 0.6 is 0 Å². The summed E-state index contributed by atoms with van der Waals surface area (Å²) in [5, 5.41) is 9.24. The summed E-state index contributed by atoms with van der Waals surface area (Å²) < 4.78 is 5.60. The van der Waals surface area contributed by atoms with Crippen LogP contribution < -0.4 is 4.74 Å². The van der Waals surface area contributed by atoms with E-state index in [-0.39, 0.29) is 42.4 Å². The minimum atomic E-state index is -0.982. The van der Waals surface area contributed by atoms with Crippen LogP contribution in [0.4, 0.5) is 0 Å². The number of hydrogen-bond donors (Lipinski definition) is 0. The van der Waals surface area contributed by atoms with Gasteiger partial charge in [-0.15, -0.1) is 10.1 Å². The summed E-state index contributed by atoms with van der Waals surface area (Å²) in [6.07, 6.45) is 2.20. The molecule has 3 amide bonds. The number of rotatable bonds is 8. The molecule has 1 saturated heterocycles. The van der Waals surface area contributed by atoms with Gasteiger partial charge >= 0.3 is 0 Å². The van der Waals surface area contributed by atoms with Gasteiger partial charge in [0.15, 0.2) is 0 Å². The first-order valence-electron chi connectivity index (χ1n) is 8.66. The second-order valence-corrected chi connectivity index (χ2v) is 6.18. The summed E-state index contributed by atoms with van der Waals surface area (Å²) in [6.45, 7) is 0.971. The lowest BCUT2D eigenvalue weighted by Crippen LogP contribution is -2.33. The van der Waals surface area contributed by atoms with Crippen LogP contribution in [0.2, 0.25) is 0 Å². The number of ether oxygens (including phenoxy) is 1. The molecule has 0 aromatic heterocycles. The zero-order chi connectivity index (χ0) is 19.4. The van der Waals surface area contributed by atoms with Crippen molar-refractivity contribution < 1.29 is 29.0 Å². The van der Waals surface area contributed by atoms with E-state index in [9.17, 15) is 24.5 Å². The largest absolute Gasteiger partial charge is 0.492 e. The molecule has 0 bridgehead atoms. The van der Waals surface area contributed by atoms with Crippen LogP contribution in [0.3, 0.4) is 0 Å². The lowest BCUT2D eigenvalue weighted by Gasteiger charge is -2.16. The Balaban J connectivity index is 1.63. The van der Waals surface area contributed by atoms with Crippen molar-refractivity contribution in [1.29, 1.82) is 0 Å². The van der Waals surface area contributed by atoms with Crippen LogP contribution in [-0.4, -0.2) is 65.5 Å². The summed E-state index contributed by atoms with van der Waals surface area (Å²) in [6, 6.07) is 4.63. The number of hydrogen-bond acceptors (Lipinski definition) is 7. The Labute approximate surface area is 154 Å². The van der Waals surface area contributed by atoms with Crippen LogP contribution in [0.1, 0.15) is 40.0 Å². The molecule has 0 saturated carbocycles. The Hall–Kier alpha value is -3.17. The van der Waals surface area contributed by atoms with Crippen LogP contribution in [-0.2, 0) is 9.63 Å². The monoisotopic (exact) mass is 377 g/mol. The van der Waals surface area contributed by atoms with Gasteiger partial charge in [0.2, 0.25) is 5.91 Å². The Morgan fingerprint density at radius 2 is 1.89 bits per heavy atom. The first-order valence-corrected chi connectivity index (χ1v) is 8.66. The lowest BCUT2D eigenvalue weighted by atomic mass is 10.1. The van der Waals surface area contributed by atoms with Crippen molar-refractivity contribution in [3.63, 3.8) is 0 Å². The van der Waals surface area contributed by atoms with Crippen LogP contribution in [0, 0.1) is 10.1 Å². The Bertz CT molecular complexity index is 774. The molecule has 0 unspecified atom stereocenters. The molecule has 0 atom stereocenters. The fourth-order valence-electron chi connectivity index (χ4n) is 3.21. The van der Waals surface area contributed by atoms with Gasteiger partial charge in [0.05, 0.1) is 30.7 Å². The highest BCUT2D eigenvalue weighted by molar-refractivity contribution is 6.22. The number of imide groups is 1. The molecule has 2 aliphatic rings. The summed E-state index contributed by atoms with van der Waals surface area (Å²) in [7, 11) is 0. The summed E-state index contributed by atoms with van der Waals surface area (Å²) in [4.78, 5) is 54.0. The molecule has 144 valence electrons. The van der Waals surface area contributed by atoms with Gasteiger partial charge in [-0.05, 0) is 25.0 Å². The summed E-state index contributed by atoms with van der Waals surface area (Å²) in [5.41, 5.74) is 0.279. The first kappa shape index (κ1) is 18.6. The smallest absolute Gasteiger partial charge is 0.294 e. The SMILES string of the molecule is O=C(CCOc1cccc2c1C(=O)N(CCO[N+](=O)[O-])C2=O)N1CCCC1. The van der Waals surface area contributed by atoms with Crippen molar-refractivity contribution in [2.45, 2.75) is 19.3 Å². The molecule has 1 fully saturated rings. The van der Waals surface area contributed by atoms with Gasteiger partial charge in [0, 0.05) is 13.1 Å². The molecule has 2 heterocycles. The first-order chi connectivity index (χ1) is 13.0. The molecular weight excluding hydrogens is 358 g/mol. The van der Waals surface area contributed by atoms with E-state index in [1.165, 1.54) is 6.07 Å². The molecule has 10 nitrogen and oxygen atoms in total. The molecular formula is C17H19N3O7. The van der Waals surface area contributed by atoms with Crippen molar-refractivity contribution in [2.24, 2.45) is 0 Å². The predicted octanol–water partition coefficient (Wildman–Crippen LogP) is 0.882. The molecule has 0 N–H and O–H groups in total.